The maximum atomic E-state index is 11.9. The Hall–Kier alpha value is -3.88. The second kappa shape index (κ2) is 11.1. The number of anilines is 1. The van der Waals surface area contributed by atoms with Gasteiger partial charge in [-0.3, -0.25) is 14.4 Å². The first-order chi connectivity index (χ1) is 14.0. The van der Waals surface area contributed by atoms with E-state index in [0.29, 0.717) is 29.4 Å². The summed E-state index contributed by atoms with van der Waals surface area (Å²) >= 11 is 0. The largest absolute Gasteiger partial charge is 0.494 e. The molecule has 0 aliphatic rings. The van der Waals surface area contributed by atoms with Crippen LogP contribution >= 0.6 is 0 Å². The first kappa shape index (κ1) is 21.4. The zero-order chi connectivity index (χ0) is 21.1. The minimum absolute atomic E-state index is 0.247. The fraction of sp³-hybridized carbons (Fsp3) is 0.200. The van der Waals surface area contributed by atoms with Crippen LogP contribution in [0, 0.1) is 0 Å². The monoisotopic (exact) mass is 398 g/mol. The van der Waals surface area contributed by atoms with Crippen LogP contribution in [0.2, 0.25) is 0 Å². The van der Waals surface area contributed by atoms with Gasteiger partial charge < -0.3 is 20.5 Å². The number of nitrogens with zero attached hydrogens (tertiary/aromatic N) is 1. The third-order valence-electron chi connectivity index (χ3n) is 3.41. The van der Waals surface area contributed by atoms with E-state index in [1.165, 1.54) is 6.21 Å². The zero-order valence-corrected chi connectivity index (χ0v) is 15.9. The van der Waals surface area contributed by atoms with E-state index < -0.39 is 17.7 Å². The molecule has 3 amide bonds. The van der Waals surface area contributed by atoms with Gasteiger partial charge in [0.25, 0.3) is 5.91 Å². The lowest BCUT2D eigenvalue weighted by Crippen LogP contribution is -2.32. The van der Waals surface area contributed by atoms with Gasteiger partial charge in [0.1, 0.15) is 11.5 Å². The molecule has 0 atom stereocenters. The molecule has 29 heavy (non-hydrogen) atoms. The molecule has 2 rings (SSSR count). The summed E-state index contributed by atoms with van der Waals surface area (Å²) in [5.74, 6) is -1.27. The summed E-state index contributed by atoms with van der Waals surface area (Å²) in [7, 11) is 0. The highest BCUT2D eigenvalue weighted by atomic mass is 16.5. The van der Waals surface area contributed by atoms with Crippen LogP contribution in [0.5, 0.6) is 11.5 Å². The Morgan fingerprint density at radius 2 is 1.79 bits per heavy atom. The van der Waals surface area contributed by atoms with Crippen molar-refractivity contribution >= 4 is 29.6 Å². The van der Waals surface area contributed by atoms with Gasteiger partial charge in [-0.15, -0.1) is 0 Å². The summed E-state index contributed by atoms with van der Waals surface area (Å²) in [4.78, 5) is 34.5. The number of rotatable bonds is 9. The number of primary amides is 1. The van der Waals surface area contributed by atoms with Gasteiger partial charge in [0.2, 0.25) is 0 Å². The summed E-state index contributed by atoms with van der Waals surface area (Å²) in [5.41, 5.74) is 8.21. The number of carbonyl (C=O) groups is 3. The number of ether oxygens (including phenoxy) is 2. The minimum atomic E-state index is -0.923. The summed E-state index contributed by atoms with van der Waals surface area (Å²) < 4.78 is 10.6. The Morgan fingerprint density at radius 3 is 2.48 bits per heavy atom. The van der Waals surface area contributed by atoms with Gasteiger partial charge in [0.15, 0.2) is 6.61 Å². The predicted octanol–water partition coefficient (Wildman–Crippen LogP) is 1.43. The highest BCUT2D eigenvalue weighted by molar-refractivity contribution is 6.39. The summed E-state index contributed by atoms with van der Waals surface area (Å²) in [5, 5.41) is 6.20. The molecule has 2 aromatic rings. The first-order valence-electron chi connectivity index (χ1n) is 8.86. The van der Waals surface area contributed by atoms with Crippen molar-refractivity contribution < 1.29 is 23.9 Å². The van der Waals surface area contributed by atoms with Crippen LogP contribution in [-0.2, 0) is 14.4 Å². The van der Waals surface area contributed by atoms with Gasteiger partial charge in [-0.05, 0) is 48.4 Å². The number of hydrogen-bond acceptors (Lipinski definition) is 6. The third-order valence-corrected chi connectivity index (χ3v) is 3.41. The zero-order valence-electron chi connectivity index (χ0n) is 15.9. The molecule has 0 bridgehead atoms. The molecule has 9 nitrogen and oxygen atoms in total. The molecule has 0 radical (unpaired) electrons. The molecule has 0 saturated heterocycles. The van der Waals surface area contributed by atoms with Crippen molar-refractivity contribution in [3.8, 4) is 11.5 Å². The molecule has 0 saturated carbocycles. The Bertz CT molecular complexity index is 881. The Balaban J connectivity index is 1.84. The van der Waals surface area contributed by atoms with Crippen LogP contribution < -0.4 is 25.9 Å². The molecule has 0 aromatic heterocycles. The average molecular weight is 398 g/mol. The maximum Gasteiger partial charge on any atom is 0.329 e. The standard InChI is InChI=1S/C20H22N4O5/c1-2-10-28-16-8-6-15(7-9-16)23-19(26)20(27)24-22-12-14-4-3-5-17(11-14)29-13-18(21)25/h3-9,11-12H,2,10,13H2,1H3,(H2,21,25)(H,23,26)(H,24,27)/b22-12-. The predicted molar refractivity (Wildman–Crippen MR) is 108 cm³/mol. The SMILES string of the molecule is CCCOc1ccc(NC(=O)C(=O)N/N=C\c2cccc(OCC(N)=O)c2)cc1. The summed E-state index contributed by atoms with van der Waals surface area (Å²) in [6.45, 7) is 2.36. The molecule has 0 heterocycles. The maximum absolute atomic E-state index is 11.9. The van der Waals surface area contributed by atoms with E-state index in [4.69, 9.17) is 15.2 Å². The van der Waals surface area contributed by atoms with Crippen LogP contribution in [0.1, 0.15) is 18.9 Å². The van der Waals surface area contributed by atoms with Crippen molar-refractivity contribution in [3.05, 3.63) is 54.1 Å². The molecule has 152 valence electrons. The molecule has 0 fully saturated rings. The molecule has 0 spiro atoms. The van der Waals surface area contributed by atoms with Crippen LogP contribution in [0.3, 0.4) is 0 Å². The van der Waals surface area contributed by atoms with Crippen LogP contribution in [0.15, 0.2) is 53.6 Å². The second-order valence-electron chi connectivity index (χ2n) is 5.85. The van der Waals surface area contributed by atoms with E-state index in [1.54, 1.807) is 48.5 Å². The van der Waals surface area contributed by atoms with Gasteiger partial charge in [0, 0.05) is 5.69 Å². The number of nitrogens with two attached hydrogens (primary N) is 1. The minimum Gasteiger partial charge on any atom is -0.494 e. The topological polar surface area (TPSA) is 132 Å². The van der Waals surface area contributed by atoms with Crippen molar-refractivity contribution in [2.24, 2.45) is 10.8 Å². The Labute approximate surface area is 167 Å². The molecule has 4 N–H and O–H groups in total. The van der Waals surface area contributed by atoms with Crippen molar-refractivity contribution in [1.82, 2.24) is 5.43 Å². The summed E-state index contributed by atoms with van der Waals surface area (Å²) in [6, 6.07) is 13.3. The number of carbonyl (C=O) groups excluding carboxylic acids is 3. The highest BCUT2D eigenvalue weighted by Crippen LogP contribution is 2.16. The molecule has 0 aliphatic heterocycles. The highest BCUT2D eigenvalue weighted by Gasteiger charge is 2.12. The van der Waals surface area contributed by atoms with Gasteiger partial charge in [-0.1, -0.05) is 19.1 Å². The van der Waals surface area contributed by atoms with Gasteiger partial charge in [-0.2, -0.15) is 5.10 Å². The molecular formula is C20H22N4O5. The third kappa shape index (κ3) is 7.71. The van der Waals surface area contributed by atoms with Gasteiger partial charge >= 0.3 is 11.8 Å². The summed E-state index contributed by atoms with van der Waals surface area (Å²) in [6.07, 6.45) is 2.23. The quantitative estimate of drug-likeness (QED) is 0.334. The second-order valence-corrected chi connectivity index (χ2v) is 5.85. The van der Waals surface area contributed by atoms with E-state index in [-0.39, 0.29) is 6.61 Å². The van der Waals surface area contributed by atoms with Gasteiger partial charge in [-0.25, -0.2) is 5.43 Å². The van der Waals surface area contributed by atoms with Crippen LogP contribution in [0.4, 0.5) is 5.69 Å². The van der Waals surface area contributed by atoms with Crippen molar-refractivity contribution in [2.75, 3.05) is 18.5 Å². The van der Waals surface area contributed by atoms with E-state index in [2.05, 4.69) is 15.8 Å². The number of hydrazone groups is 1. The number of benzene rings is 2. The molecule has 2 aromatic carbocycles. The van der Waals surface area contributed by atoms with E-state index >= 15 is 0 Å². The number of hydrogen-bond donors (Lipinski definition) is 3. The fourth-order valence-corrected chi connectivity index (χ4v) is 2.10. The normalized spacial score (nSPS) is 10.4. The Morgan fingerprint density at radius 1 is 1.03 bits per heavy atom. The van der Waals surface area contributed by atoms with Crippen molar-refractivity contribution in [1.29, 1.82) is 0 Å². The molecule has 9 heteroatoms. The lowest BCUT2D eigenvalue weighted by molar-refractivity contribution is -0.136. The Kier molecular flexibility index (Phi) is 8.18. The number of amides is 3. The van der Waals surface area contributed by atoms with E-state index in [0.717, 1.165) is 6.42 Å². The average Bonchev–Trinajstić information content (AvgIpc) is 2.72. The smallest absolute Gasteiger partial charge is 0.329 e. The van der Waals surface area contributed by atoms with Crippen molar-refractivity contribution in [3.63, 3.8) is 0 Å². The first-order valence-corrected chi connectivity index (χ1v) is 8.86. The van der Waals surface area contributed by atoms with E-state index in [1.807, 2.05) is 6.92 Å². The lowest BCUT2D eigenvalue weighted by atomic mass is 10.2. The van der Waals surface area contributed by atoms with Crippen LogP contribution in [0.25, 0.3) is 0 Å². The lowest BCUT2D eigenvalue weighted by Gasteiger charge is -2.07. The molecule has 0 unspecified atom stereocenters. The van der Waals surface area contributed by atoms with E-state index in [9.17, 15) is 14.4 Å². The van der Waals surface area contributed by atoms with Crippen LogP contribution in [-0.4, -0.2) is 37.1 Å². The molecular weight excluding hydrogens is 376 g/mol. The number of nitrogens with one attached hydrogen (secondary N) is 2. The van der Waals surface area contributed by atoms with Gasteiger partial charge in [0.05, 0.1) is 12.8 Å². The molecule has 0 aliphatic carbocycles. The fourth-order valence-electron chi connectivity index (χ4n) is 2.10. The van der Waals surface area contributed by atoms with Crippen molar-refractivity contribution in [2.45, 2.75) is 13.3 Å².